The Morgan fingerprint density at radius 3 is 2.40 bits per heavy atom. The number of primary amides is 1. The predicted octanol–water partition coefficient (Wildman–Crippen LogP) is 1.60. The molecule has 9 nitrogen and oxygen atoms in total. The molecule has 5 unspecified atom stereocenters. The van der Waals surface area contributed by atoms with Crippen LogP contribution in [0.25, 0.3) is 10.8 Å². The zero-order valence-electron chi connectivity index (χ0n) is 19.1. The molecule has 0 heterocycles. The van der Waals surface area contributed by atoms with E-state index in [0.717, 1.165) is 35.6 Å². The molecule has 0 radical (unpaired) electrons. The number of rotatable bonds is 10. The number of hydrogen-bond donors (Lipinski definition) is 3. The first-order chi connectivity index (χ1) is 16.7. The summed E-state index contributed by atoms with van der Waals surface area (Å²) in [6.07, 6.45) is 1.61. The lowest BCUT2D eigenvalue weighted by Gasteiger charge is -2.29. The number of carbonyl (C=O) groups is 5. The van der Waals surface area contributed by atoms with Crippen molar-refractivity contribution in [2.75, 3.05) is 6.61 Å². The van der Waals surface area contributed by atoms with Gasteiger partial charge in [0.05, 0.1) is 24.7 Å². The standard InChI is InChI=1S/C26H28N2O7/c27-25(33)23-16-8-9-17(10-16)24(23)26(34)28-19(12-21(30)31)20(29)13-35-22(32)11-15-6-3-5-14-4-1-2-7-18(14)15/h1-7,16-17,19,23-24H,8-13H2,(H2,27,33)(H,28,34)(H,30,31). The van der Waals surface area contributed by atoms with Crippen LogP contribution in [0.1, 0.15) is 31.2 Å². The maximum Gasteiger partial charge on any atom is 0.310 e. The van der Waals surface area contributed by atoms with E-state index in [1.165, 1.54) is 0 Å². The topological polar surface area (TPSA) is 153 Å². The molecule has 2 aromatic rings. The van der Waals surface area contributed by atoms with Gasteiger partial charge in [-0.25, -0.2) is 0 Å². The number of ether oxygens (including phenoxy) is 1. The van der Waals surface area contributed by atoms with E-state index in [9.17, 15) is 29.1 Å². The maximum atomic E-state index is 13.0. The molecular weight excluding hydrogens is 452 g/mol. The summed E-state index contributed by atoms with van der Waals surface area (Å²) in [4.78, 5) is 61.4. The fourth-order valence-corrected chi connectivity index (χ4v) is 5.67. The maximum absolute atomic E-state index is 13.0. The SMILES string of the molecule is NC(=O)C1C2CCC(C2)C1C(=O)NC(CC(=O)O)C(=O)COC(=O)Cc1cccc2ccccc12. The molecule has 0 saturated heterocycles. The number of carboxylic acid groups (broad SMARTS) is 1. The van der Waals surface area contributed by atoms with Crippen LogP contribution >= 0.6 is 0 Å². The van der Waals surface area contributed by atoms with Gasteiger partial charge in [0.2, 0.25) is 11.8 Å². The number of nitrogens with one attached hydrogen (secondary N) is 1. The Bertz CT molecular complexity index is 1170. The van der Waals surface area contributed by atoms with E-state index in [0.29, 0.717) is 0 Å². The highest BCUT2D eigenvalue weighted by Gasteiger charge is 2.53. The monoisotopic (exact) mass is 480 g/mol. The summed E-state index contributed by atoms with van der Waals surface area (Å²) in [5.74, 6) is -5.04. The summed E-state index contributed by atoms with van der Waals surface area (Å²) >= 11 is 0. The first-order valence-electron chi connectivity index (χ1n) is 11.7. The molecule has 2 saturated carbocycles. The number of hydrogen-bond acceptors (Lipinski definition) is 6. The second-order valence-electron chi connectivity index (χ2n) is 9.39. The van der Waals surface area contributed by atoms with Gasteiger partial charge in [0.1, 0.15) is 6.04 Å². The van der Waals surface area contributed by atoms with Crippen molar-refractivity contribution in [3.8, 4) is 0 Å². The van der Waals surface area contributed by atoms with Crippen LogP contribution in [0.15, 0.2) is 42.5 Å². The van der Waals surface area contributed by atoms with Crippen LogP contribution in [0.4, 0.5) is 0 Å². The Labute approximate surface area is 202 Å². The van der Waals surface area contributed by atoms with E-state index in [4.69, 9.17) is 10.5 Å². The van der Waals surface area contributed by atoms with Crippen LogP contribution < -0.4 is 11.1 Å². The van der Waals surface area contributed by atoms with Gasteiger partial charge in [-0.3, -0.25) is 24.0 Å². The second kappa shape index (κ2) is 10.2. The lowest BCUT2D eigenvalue weighted by Crippen LogP contribution is -2.50. The fraction of sp³-hybridized carbons (Fsp3) is 0.423. The highest BCUT2D eigenvalue weighted by molar-refractivity contribution is 5.96. The Morgan fingerprint density at radius 1 is 1.00 bits per heavy atom. The van der Waals surface area contributed by atoms with Gasteiger partial charge in [0.25, 0.3) is 0 Å². The number of ketones is 1. The predicted molar refractivity (Wildman–Crippen MR) is 125 cm³/mol. The van der Waals surface area contributed by atoms with E-state index in [-0.39, 0.29) is 18.3 Å². The quantitative estimate of drug-likeness (QED) is 0.437. The van der Waals surface area contributed by atoms with Crippen molar-refractivity contribution in [3.63, 3.8) is 0 Å². The van der Waals surface area contributed by atoms with Gasteiger partial charge in [0, 0.05) is 0 Å². The molecular formula is C26H28N2O7. The molecule has 2 aromatic carbocycles. The van der Waals surface area contributed by atoms with Crippen LogP contribution in [-0.2, 0) is 35.1 Å². The summed E-state index contributed by atoms with van der Waals surface area (Å²) < 4.78 is 5.13. The van der Waals surface area contributed by atoms with Gasteiger partial charge in [-0.2, -0.15) is 0 Å². The summed E-state index contributed by atoms with van der Waals surface area (Å²) in [6, 6.07) is 11.7. The molecule has 5 atom stereocenters. The summed E-state index contributed by atoms with van der Waals surface area (Å²) in [7, 11) is 0. The Hall–Kier alpha value is -3.75. The molecule has 0 aromatic heterocycles. The molecule has 0 aliphatic heterocycles. The lowest BCUT2D eigenvalue weighted by molar-refractivity contribution is -0.149. The zero-order valence-corrected chi connectivity index (χ0v) is 19.1. The van der Waals surface area contributed by atoms with Gasteiger partial charge in [-0.1, -0.05) is 42.5 Å². The smallest absolute Gasteiger partial charge is 0.310 e. The Balaban J connectivity index is 1.38. The van der Waals surface area contributed by atoms with Crippen molar-refractivity contribution < 1.29 is 33.8 Å². The van der Waals surface area contributed by atoms with Gasteiger partial charge in [0.15, 0.2) is 12.4 Å². The minimum absolute atomic E-state index is 0.0170. The van der Waals surface area contributed by atoms with Crippen molar-refractivity contribution in [1.29, 1.82) is 0 Å². The zero-order chi connectivity index (χ0) is 25.1. The normalized spacial score (nSPS) is 23.5. The molecule has 0 spiro atoms. The van der Waals surface area contributed by atoms with Crippen molar-refractivity contribution in [3.05, 3.63) is 48.0 Å². The minimum Gasteiger partial charge on any atom is -0.481 e. The molecule has 2 aliphatic rings. The van der Waals surface area contributed by atoms with Gasteiger partial charge >= 0.3 is 11.9 Å². The van der Waals surface area contributed by atoms with E-state index in [2.05, 4.69) is 5.32 Å². The Morgan fingerprint density at radius 2 is 1.69 bits per heavy atom. The number of aliphatic carboxylic acids is 1. The molecule has 2 bridgehead atoms. The number of carbonyl (C=O) groups excluding carboxylic acids is 4. The van der Waals surface area contributed by atoms with Crippen LogP contribution in [0.3, 0.4) is 0 Å². The highest BCUT2D eigenvalue weighted by Crippen LogP contribution is 2.52. The third kappa shape index (κ3) is 5.34. The first kappa shape index (κ1) is 24.4. The summed E-state index contributed by atoms with van der Waals surface area (Å²) in [6.45, 7) is -0.669. The van der Waals surface area contributed by atoms with E-state index >= 15 is 0 Å². The first-order valence-corrected chi connectivity index (χ1v) is 11.7. The van der Waals surface area contributed by atoms with Crippen LogP contribution in [0.5, 0.6) is 0 Å². The average molecular weight is 481 g/mol. The van der Waals surface area contributed by atoms with Crippen molar-refractivity contribution in [2.24, 2.45) is 29.4 Å². The van der Waals surface area contributed by atoms with Crippen LogP contribution in [0.2, 0.25) is 0 Å². The number of nitrogens with two attached hydrogens (primary N) is 1. The molecule has 2 amide bonds. The van der Waals surface area contributed by atoms with Crippen molar-refractivity contribution in [2.45, 2.75) is 38.1 Å². The molecule has 184 valence electrons. The third-order valence-corrected chi connectivity index (χ3v) is 7.22. The second-order valence-corrected chi connectivity index (χ2v) is 9.39. The van der Waals surface area contributed by atoms with Gasteiger partial charge < -0.3 is 20.9 Å². The lowest BCUT2D eigenvalue weighted by atomic mass is 9.78. The molecule has 2 fully saturated rings. The largest absolute Gasteiger partial charge is 0.481 e. The summed E-state index contributed by atoms with van der Waals surface area (Å²) in [5, 5.41) is 13.6. The van der Waals surface area contributed by atoms with Crippen LogP contribution in [-0.4, -0.2) is 47.3 Å². The van der Waals surface area contributed by atoms with Crippen molar-refractivity contribution >= 4 is 40.3 Å². The van der Waals surface area contributed by atoms with E-state index in [1.807, 2.05) is 36.4 Å². The van der Waals surface area contributed by atoms with E-state index < -0.39 is 60.4 Å². The number of Topliss-reactive ketones (excluding diaryl/α,β-unsaturated/α-hetero) is 1. The van der Waals surface area contributed by atoms with Gasteiger partial charge in [-0.15, -0.1) is 0 Å². The minimum atomic E-state index is -1.38. The third-order valence-electron chi connectivity index (χ3n) is 7.22. The Kier molecular flexibility index (Phi) is 7.14. The number of benzene rings is 2. The molecule has 2 aliphatic carbocycles. The molecule has 4 rings (SSSR count). The highest BCUT2D eigenvalue weighted by atomic mass is 16.5. The molecule has 4 N–H and O–H groups in total. The summed E-state index contributed by atoms with van der Waals surface area (Å²) in [5.41, 5.74) is 6.27. The molecule has 35 heavy (non-hydrogen) atoms. The number of esters is 1. The number of fused-ring (bicyclic) bond motifs is 3. The fourth-order valence-electron chi connectivity index (χ4n) is 5.67. The average Bonchev–Trinajstić information content (AvgIpc) is 3.44. The van der Waals surface area contributed by atoms with Crippen LogP contribution in [0, 0.1) is 23.7 Å². The number of amides is 2. The van der Waals surface area contributed by atoms with Crippen molar-refractivity contribution in [1.82, 2.24) is 5.32 Å². The van der Waals surface area contributed by atoms with Gasteiger partial charge in [-0.05, 0) is 47.4 Å². The molecule has 9 heteroatoms. The van der Waals surface area contributed by atoms with E-state index in [1.54, 1.807) is 6.07 Å². The number of carboxylic acids is 1.